The molecule has 0 amide bonds. The smallest absolute Gasteiger partial charge is 0.160 e. The molecule has 2 rings (SSSR count). The third-order valence-electron chi connectivity index (χ3n) is 3.49. The zero-order valence-electron chi connectivity index (χ0n) is 11.0. The van der Waals surface area contributed by atoms with E-state index < -0.39 is 0 Å². The van der Waals surface area contributed by atoms with Gasteiger partial charge in [-0.1, -0.05) is 6.07 Å². The van der Waals surface area contributed by atoms with E-state index >= 15 is 0 Å². The van der Waals surface area contributed by atoms with Gasteiger partial charge in [-0.15, -0.1) is 0 Å². The third kappa shape index (κ3) is 2.94. The summed E-state index contributed by atoms with van der Waals surface area (Å²) in [5.41, 5.74) is 7.39. The lowest BCUT2D eigenvalue weighted by Gasteiger charge is -2.18. The molecule has 2 unspecified atom stereocenters. The molecular formula is C14H21NO3. The first kappa shape index (κ1) is 13.2. The van der Waals surface area contributed by atoms with Crippen LogP contribution >= 0.6 is 0 Å². The Balaban J connectivity index is 2.04. The van der Waals surface area contributed by atoms with Gasteiger partial charge in [0.1, 0.15) is 0 Å². The van der Waals surface area contributed by atoms with E-state index in [1.807, 2.05) is 18.2 Å². The van der Waals surface area contributed by atoms with Gasteiger partial charge in [-0.2, -0.15) is 0 Å². The molecule has 1 aliphatic heterocycles. The fourth-order valence-corrected chi connectivity index (χ4v) is 2.34. The van der Waals surface area contributed by atoms with Gasteiger partial charge in [0.05, 0.1) is 20.8 Å². The Morgan fingerprint density at radius 1 is 1.33 bits per heavy atom. The molecule has 0 radical (unpaired) electrons. The molecule has 1 aromatic carbocycles. The van der Waals surface area contributed by atoms with E-state index in [1.54, 1.807) is 14.2 Å². The fourth-order valence-electron chi connectivity index (χ4n) is 2.34. The molecule has 1 heterocycles. The van der Waals surface area contributed by atoms with Crippen molar-refractivity contribution in [2.45, 2.75) is 18.9 Å². The summed E-state index contributed by atoms with van der Waals surface area (Å²) in [7, 11) is 3.28. The van der Waals surface area contributed by atoms with Crippen molar-refractivity contribution in [1.29, 1.82) is 0 Å². The van der Waals surface area contributed by atoms with Crippen LogP contribution in [-0.4, -0.2) is 33.5 Å². The van der Waals surface area contributed by atoms with Gasteiger partial charge in [0, 0.05) is 12.6 Å². The zero-order chi connectivity index (χ0) is 13.0. The van der Waals surface area contributed by atoms with Gasteiger partial charge in [0.15, 0.2) is 11.5 Å². The van der Waals surface area contributed by atoms with Crippen LogP contribution in [0.1, 0.15) is 12.0 Å². The number of ether oxygens (including phenoxy) is 3. The van der Waals surface area contributed by atoms with E-state index in [2.05, 4.69) is 0 Å². The lowest BCUT2D eigenvalue weighted by Crippen LogP contribution is -2.32. The van der Waals surface area contributed by atoms with E-state index in [1.165, 1.54) is 5.56 Å². The second kappa shape index (κ2) is 6.07. The Hall–Kier alpha value is -1.26. The summed E-state index contributed by atoms with van der Waals surface area (Å²) in [4.78, 5) is 0. The Morgan fingerprint density at radius 3 is 2.72 bits per heavy atom. The molecule has 100 valence electrons. The number of methoxy groups -OCH3 is 2. The molecule has 0 saturated carbocycles. The Bertz CT molecular complexity index is 389. The Kier molecular flexibility index (Phi) is 4.44. The highest BCUT2D eigenvalue weighted by Crippen LogP contribution is 2.28. The van der Waals surface area contributed by atoms with Crippen LogP contribution < -0.4 is 15.2 Å². The van der Waals surface area contributed by atoms with Crippen LogP contribution in [0.2, 0.25) is 0 Å². The standard InChI is InChI=1S/C14H21NO3/c1-16-13-4-3-10(8-14(13)17-2)7-12(15)11-5-6-18-9-11/h3-4,8,11-12H,5-7,9,15H2,1-2H3. The molecule has 4 nitrogen and oxygen atoms in total. The van der Waals surface area contributed by atoms with Gasteiger partial charge in [-0.3, -0.25) is 0 Å². The van der Waals surface area contributed by atoms with E-state index in [9.17, 15) is 0 Å². The summed E-state index contributed by atoms with van der Waals surface area (Å²) in [6, 6.07) is 6.10. The van der Waals surface area contributed by atoms with E-state index in [4.69, 9.17) is 19.9 Å². The largest absolute Gasteiger partial charge is 0.493 e. The van der Waals surface area contributed by atoms with Crippen LogP contribution in [0.3, 0.4) is 0 Å². The van der Waals surface area contributed by atoms with Crippen LogP contribution in [0.15, 0.2) is 18.2 Å². The van der Waals surface area contributed by atoms with Gasteiger partial charge in [0.2, 0.25) is 0 Å². The van der Waals surface area contributed by atoms with Crippen molar-refractivity contribution in [2.75, 3.05) is 27.4 Å². The quantitative estimate of drug-likeness (QED) is 0.864. The first-order chi connectivity index (χ1) is 8.74. The average molecular weight is 251 g/mol. The van der Waals surface area contributed by atoms with E-state index in [0.29, 0.717) is 5.92 Å². The predicted molar refractivity (Wildman–Crippen MR) is 70.2 cm³/mol. The van der Waals surface area contributed by atoms with Crippen molar-refractivity contribution in [3.05, 3.63) is 23.8 Å². The summed E-state index contributed by atoms with van der Waals surface area (Å²) in [6.45, 7) is 1.62. The molecule has 1 aliphatic rings. The van der Waals surface area contributed by atoms with Crippen LogP contribution in [0.4, 0.5) is 0 Å². The summed E-state index contributed by atoms with van der Waals surface area (Å²) in [5, 5.41) is 0. The minimum atomic E-state index is 0.144. The van der Waals surface area contributed by atoms with Crippen LogP contribution in [0.5, 0.6) is 11.5 Å². The van der Waals surface area contributed by atoms with Crippen molar-refractivity contribution in [3.8, 4) is 11.5 Å². The van der Waals surface area contributed by atoms with Crippen molar-refractivity contribution in [3.63, 3.8) is 0 Å². The molecule has 0 aliphatic carbocycles. The summed E-state index contributed by atoms with van der Waals surface area (Å²) in [6.07, 6.45) is 1.91. The number of hydrogen-bond donors (Lipinski definition) is 1. The molecule has 2 N–H and O–H groups in total. The molecule has 4 heteroatoms. The second-order valence-corrected chi connectivity index (χ2v) is 4.68. The first-order valence-corrected chi connectivity index (χ1v) is 6.29. The minimum Gasteiger partial charge on any atom is -0.493 e. The summed E-state index contributed by atoms with van der Waals surface area (Å²) in [5.74, 6) is 1.97. The van der Waals surface area contributed by atoms with Crippen LogP contribution in [0.25, 0.3) is 0 Å². The average Bonchev–Trinajstić information content (AvgIpc) is 2.92. The number of hydrogen-bond acceptors (Lipinski definition) is 4. The lowest BCUT2D eigenvalue weighted by molar-refractivity contribution is 0.180. The predicted octanol–water partition coefficient (Wildman–Crippen LogP) is 1.61. The maximum atomic E-state index is 6.22. The third-order valence-corrected chi connectivity index (χ3v) is 3.49. The zero-order valence-corrected chi connectivity index (χ0v) is 11.0. The normalized spacial score (nSPS) is 20.7. The van der Waals surface area contributed by atoms with Gasteiger partial charge < -0.3 is 19.9 Å². The number of rotatable bonds is 5. The van der Waals surface area contributed by atoms with Gasteiger partial charge >= 0.3 is 0 Å². The SMILES string of the molecule is COc1ccc(CC(N)C2CCOC2)cc1OC. The molecular weight excluding hydrogens is 230 g/mol. The molecule has 1 saturated heterocycles. The number of nitrogens with two attached hydrogens (primary N) is 1. The summed E-state index contributed by atoms with van der Waals surface area (Å²) < 4.78 is 15.9. The van der Waals surface area contributed by atoms with Crippen molar-refractivity contribution in [2.24, 2.45) is 11.7 Å². The molecule has 1 fully saturated rings. The lowest BCUT2D eigenvalue weighted by atomic mass is 9.93. The highest BCUT2D eigenvalue weighted by molar-refractivity contribution is 5.43. The molecule has 0 aromatic heterocycles. The minimum absolute atomic E-state index is 0.144. The van der Waals surface area contributed by atoms with Crippen molar-refractivity contribution < 1.29 is 14.2 Å². The second-order valence-electron chi connectivity index (χ2n) is 4.68. The topological polar surface area (TPSA) is 53.7 Å². The van der Waals surface area contributed by atoms with Crippen LogP contribution in [0, 0.1) is 5.92 Å². The molecule has 2 atom stereocenters. The van der Waals surface area contributed by atoms with Crippen molar-refractivity contribution in [1.82, 2.24) is 0 Å². The van der Waals surface area contributed by atoms with E-state index in [-0.39, 0.29) is 6.04 Å². The van der Waals surface area contributed by atoms with Gasteiger partial charge in [-0.05, 0) is 36.5 Å². The monoisotopic (exact) mass is 251 g/mol. The maximum absolute atomic E-state index is 6.22. The molecule has 0 spiro atoms. The maximum Gasteiger partial charge on any atom is 0.160 e. The van der Waals surface area contributed by atoms with Gasteiger partial charge in [0.25, 0.3) is 0 Å². The molecule has 1 aromatic rings. The Morgan fingerprint density at radius 2 is 2.11 bits per heavy atom. The Labute approximate surface area is 108 Å². The highest BCUT2D eigenvalue weighted by atomic mass is 16.5. The van der Waals surface area contributed by atoms with E-state index in [0.717, 1.165) is 37.6 Å². The van der Waals surface area contributed by atoms with Crippen molar-refractivity contribution >= 4 is 0 Å². The first-order valence-electron chi connectivity index (χ1n) is 6.29. The summed E-state index contributed by atoms with van der Waals surface area (Å²) >= 11 is 0. The van der Waals surface area contributed by atoms with Crippen LogP contribution in [-0.2, 0) is 11.2 Å². The molecule has 18 heavy (non-hydrogen) atoms. The van der Waals surface area contributed by atoms with Gasteiger partial charge in [-0.25, -0.2) is 0 Å². The molecule has 0 bridgehead atoms. The highest BCUT2D eigenvalue weighted by Gasteiger charge is 2.23. The fraction of sp³-hybridized carbons (Fsp3) is 0.571. The number of benzene rings is 1.